The van der Waals surface area contributed by atoms with Crippen LogP contribution < -0.4 is 10.5 Å². The number of hydrogen-bond acceptors (Lipinski definition) is 3. The van der Waals surface area contributed by atoms with Crippen molar-refractivity contribution in [3.8, 4) is 11.5 Å². The maximum absolute atomic E-state index is 10.1. The van der Waals surface area contributed by atoms with E-state index in [2.05, 4.69) is 6.58 Å². The summed E-state index contributed by atoms with van der Waals surface area (Å²) in [6.07, 6.45) is 0.651. The minimum absolute atomic E-state index is 0. The Morgan fingerprint density at radius 2 is 1.91 bits per heavy atom. The molecule has 0 saturated carbocycles. The van der Waals surface area contributed by atoms with Crippen molar-refractivity contribution in [2.24, 2.45) is 5.73 Å². The first kappa shape index (κ1) is 18.1. The Morgan fingerprint density at radius 3 is 2.50 bits per heavy atom. The zero-order valence-electron chi connectivity index (χ0n) is 12.7. The number of hydrogen-bond donors (Lipinski definition) is 2. The number of ether oxygens (including phenoxy) is 1. The Bertz CT molecular complexity index is 614. The zero-order chi connectivity index (χ0) is 15.2. The molecule has 0 fully saturated rings. The maximum Gasteiger partial charge on any atom is 0.124 e. The van der Waals surface area contributed by atoms with E-state index in [9.17, 15) is 5.11 Å². The molecule has 0 aliphatic carbocycles. The molecule has 2 aromatic rings. The van der Waals surface area contributed by atoms with Gasteiger partial charge in [0.05, 0.1) is 0 Å². The normalized spacial score (nSPS) is 11.4. The molecule has 0 aliphatic heterocycles. The molecular formula is C18H22ClNO2. The quantitative estimate of drug-likeness (QED) is 0.778. The summed E-state index contributed by atoms with van der Waals surface area (Å²) in [4.78, 5) is 0. The molecule has 0 radical (unpaired) electrons. The molecule has 0 saturated heterocycles. The highest BCUT2D eigenvalue weighted by molar-refractivity contribution is 5.85. The van der Waals surface area contributed by atoms with Crippen LogP contribution in [0.25, 0.3) is 0 Å². The van der Waals surface area contributed by atoms with Gasteiger partial charge in [-0.25, -0.2) is 0 Å². The Labute approximate surface area is 137 Å². The summed E-state index contributed by atoms with van der Waals surface area (Å²) < 4.78 is 5.67. The second-order valence-electron chi connectivity index (χ2n) is 5.26. The van der Waals surface area contributed by atoms with E-state index in [-0.39, 0.29) is 24.2 Å². The van der Waals surface area contributed by atoms with Crippen LogP contribution in [0.15, 0.2) is 60.7 Å². The smallest absolute Gasteiger partial charge is 0.124 e. The van der Waals surface area contributed by atoms with Gasteiger partial charge in [-0.15, -0.1) is 19.0 Å². The fourth-order valence-electron chi connectivity index (χ4n) is 2.15. The van der Waals surface area contributed by atoms with E-state index in [0.29, 0.717) is 24.3 Å². The maximum atomic E-state index is 10.1. The van der Waals surface area contributed by atoms with Crippen molar-refractivity contribution < 1.29 is 9.84 Å². The van der Waals surface area contributed by atoms with Crippen molar-refractivity contribution >= 4 is 12.4 Å². The third-order valence-electron chi connectivity index (χ3n) is 3.22. The molecule has 3 nitrogen and oxygen atoms in total. The summed E-state index contributed by atoms with van der Waals surface area (Å²) in [6.45, 7) is 6.24. The van der Waals surface area contributed by atoms with Gasteiger partial charge in [-0.2, -0.15) is 0 Å². The lowest BCUT2D eigenvalue weighted by atomic mass is 10.0. The molecular weight excluding hydrogens is 298 g/mol. The highest BCUT2D eigenvalue weighted by Gasteiger charge is 2.12. The fraction of sp³-hybridized carbons (Fsp3) is 0.222. The third kappa shape index (κ3) is 5.10. The highest BCUT2D eigenvalue weighted by Crippen LogP contribution is 2.30. The molecule has 0 spiro atoms. The number of aromatic hydroxyl groups is 1. The van der Waals surface area contributed by atoms with Gasteiger partial charge >= 0.3 is 0 Å². The Kier molecular flexibility index (Phi) is 6.96. The first-order valence-corrected chi connectivity index (χ1v) is 6.96. The number of benzene rings is 2. The molecule has 0 heterocycles. The van der Waals surface area contributed by atoms with Crippen LogP contribution in [0.4, 0.5) is 0 Å². The molecule has 118 valence electrons. The summed E-state index contributed by atoms with van der Waals surface area (Å²) in [5.74, 6) is 0.789. The number of halogens is 1. The molecule has 22 heavy (non-hydrogen) atoms. The first-order valence-electron chi connectivity index (χ1n) is 6.96. The van der Waals surface area contributed by atoms with Crippen LogP contribution in [-0.2, 0) is 6.61 Å². The number of rotatable bonds is 6. The van der Waals surface area contributed by atoms with E-state index < -0.39 is 0 Å². The van der Waals surface area contributed by atoms with E-state index in [0.717, 1.165) is 11.1 Å². The van der Waals surface area contributed by atoms with E-state index in [1.165, 1.54) is 0 Å². The summed E-state index contributed by atoms with van der Waals surface area (Å²) in [5, 5.41) is 10.1. The Balaban J connectivity index is 0.00000242. The molecule has 4 heteroatoms. The van der Waals surface area contributed by atoms with Crippen molar-refractivity contribution in [1.29, 1.82) is 0 Å². The van der Waals surface area contributed by atoms with E-state index in [1.54, 1.807) is 6.07 Å². The van der Waals surface area contributed by atoms with Gasteiger partial charge in [0.2, 0.25) is 0 Å². The van der Waals surface area contributed by atoms with Crippen LogP contribution >= 0.6 is 12.4 Å². The van der Waals surface area contributed by atoms with Crippen molar-refractivity contribution in [3.05, 3.63) is 71.8 Å². The largest absolute Gasteiger partial charge is 0.507 e. The van der Waals surface area contributed by atoms with E-state index >= 15 is 0 Å². The predicted octanol–water partition coefficient (Wildman–Crippen LogP) is 4.36. The lowest BCUT2D eigenvalue weighted by Crippen LogP contribution is -2.10. The van der Waals surface area contributed by atoms with Crippen LogP contribution in [0.5, 0.6) is 11.5 Å². The number of phenolic OH excluding ortho intramolecular Hbond substituents is 1. The minimum atomic E-state index is -0.245. The molecule has 0 bridgehead atoms. The molecule has 3 N–H and O–H groups in total. The first-order chi connectivity index (χ1) is 10.1. The molecule has 0 aliphatic rings. The topological polar surface area (TPSA) is 55.5 Å². The number of phenols is 1. The molecule has 0 unspecified atom stereocenters. The van der Waals surface area contributed by atoms with E-state index in [4.69, 9.17) is 10.5 Å². The van der Waals surface area contributed by atoms with Crippen molar-refractivity contribution in [1.82, 2.24) is 0 Å². The molecule has 0 amide bonds. The van der Waals surface area contributed by atoms with Crippen LogP contribution in [0.1, 0.15) is 30.5 Å². The lowest BCUT2D eigenvalue weighted by Gasteiger charge is -2.15. The second-order valence-corrected chi connectivity index (χ2v) is 5.26. The molecule has 2 aromatic carbocycles. The molecule has 0 aromatic heterocycles. The average Bonchev–Trinajstić information content (AvgIpc) is 2.45. The van der Waals surface area contributed by atoms with Gasteiger partial charge in [0.15, 0.2) is 0 Å². The second kappa shape index (κ2) is 8.47. The minimum Gasteiger partial charge on any atom is -0.507 e. The lowest BCUT2D eigenvalue weighted by molar-refractivity contribution is 0.304. The van der Waals surface area contributed by atoms with Crippen molar-refractivity contribution in [2.45, 2.75) is 26.0 Å². The van der Waals surface area contributed by atoms with Gasteiger partial charge in [-0.1, -0.05) is 42.0 Å². The van der Waals surface area contributed by atoms with Crippen molar-refractivity contribution in [2.75, 3.05) is 0 Å². The third-order valence-corrected chi connectivity index (χ3v) is 3.22. The van der Waals surface area contributed by atoms with Crippen LogP contribution in [-0.4, -0.2) is 5.11 Å². The fourth-order valence-corrected chi connectivity index (χ4v) is 2.15. The van der Waals surface area contributed by atoms with Gasteiger partial charge in [0.1, 0.15) is 18.1 Å². The predicted molar refractivity (Wildman–Crippen MR) is 92.5 cm³/mol. The standard InChI is InChI=1S/C18H21NO2.ClH/c1-13(2)10-17(19)16-9-8-15(11-18(16)20)21-12-14-6-4-3-5-7-14;/h3-9,11,17,20H,1,10,12,19H2,2H3;1H/t17-;/m1./s1. The summed E-state index contributed by atoms with van der Waals surface area (Å²) in [6, 6.07) is 14.9. The Hall–Kier alpha value is -1.97. The molecule has 2 rings (SSSR count). The molecule has 1 atom stereocenters. The summed E-state index contributed by atoms with van der Waals surface area (Å²) in [5.41, 5.74) is 8.84. The van der Waals surface area contributed by atoms with E-state index in [1.807, 2.05) is 49.4 Å². The van der Waals surface area contributed by atoms with Crippen molar-refractivity contribution in [3.63, 3.8) is 0 Å². The summed E-state index contributed by atoms with van der Waals surface area (Å²) in [7, 11) is 0. The average molecular weight is 320 g/mol. The number of nitrogens with two attached hydrogens (primary N) is 1. The van der Waals surface area contributed by atoms with Crippen LogP contribution in [0.2, 0.25) is 0 Å². The van der Waals surface area contributed by atoms with Gasteiger partial charge in [-0.3, -0.25) is 0 Å². The van der Waals surface area contributed by atoms with Gasteiger partial charge in [0, 0.05) is 17.7 Å². The van der Waals surface area contributed by atoms with Gasteiger partial charge in [0.25, 0.3) is 0 Å². The van der Waals surface area contributed by atoms with Gasteiger partial charge in [-0.05, 0) is 25.0 Å². The zero-order valence-corrected chi connectivity index (χ0v) is 13.5. The highest BCUT2D eigenvalue weighted by atomic mass is 35.5. The monoisotopic (exact) mass is 319 g/mol. The summed E-state index contributed by atoms with van der Waals surface area (Å²) >= 11 is 0. The SMILES string of the molecule is C=C(C)C[C@@H](N)c1ccc(OCc2ccccc2)cc1O.Cl. The Morgan fingerprint density at radius 1 is 1.23 bits per heavy atom. The van der Waals surface area contributed by atoms with Crippen LogP contribution in [0.3, 0.4) is 0 Å². The van der Waals surface area contributed by atoms with Gasteiger partial charge < -0.3 is 15.6 Å². The van der Waals surface area contributed by atoms with Crippen LogP contribution in [0, 0.1) is 0 Å².